The number of thiocarbonyl (C=S) groups is 1. The second-order valence-corrected chi connectivity index (χ2v) is 12.3. The topological polar surface area (TPSA) is 55.8 Å². The molecule has 1 N–H and O–H groups in total. The number of esters is 1. The number of ether oxygens (including phenoxy) is 2. The largest absolute Gasteiger partial charge is 0.491 e. The van der Waals surface area contributed by atoms with Gasteiger partial charge in [-0.3, -0.25) is 4.79 Å². The zero-order valence-corrected chi connectivity index (χ0v) is 23.5. The van der Waals surface area contributed by atoms with Gasteiger partial charge in [-0.2, -0.15) is 0 Å². The number of thioether (sulfide) groups is 1. The van der Waals surface area contributed by atoms with Crippen LogP contribution in [0.4, 0.5) is 0 Å². The number of aliphatic hydroxyl groups is 1. The highest BCUT2D eigenvalue weighted by molar-refractivity contribution is 8.25. The van der Waals surface area contributed by atoms with Crippen molar-refractivity contribution in [3.63, 3.8) is 0 Å². The Balaban J connectivity index is 1.37. The van der Waals surface area contributed by atoms with E-state index in [1.165, 1.54) is 0 Å². The van der Waals surface area contributed by atoms with E-state index in [0.29, 0.717) is 18.9 Å². The molecule has 3 rings (SSSR count). The molecule has 36 heavy (non-hydrogen) atoms. The van der Waals surface area contributed by atoms with Crippen molar-refractivity contribution in [2.24, 2.45) is 23.7 Å². The third-order valence-corrected chi connectivity index (χ3v) is 8.21. The summed E-state index contributed by atoms with van der Waals surface area (Å²) in [7, 11) is 0. The molecule has 2 aliphatic rings. The van der Waals surface area contributed by atoms with Gasteiger partial charge in [0.2, 0.25) is 0 Å². The second-order valence-electron chi connectivity index (χ2n) is 10.4. The first-order chi connectivity index (χ1) is 17.2. The molecule has 4 unspecified atom stereocenters. The minimum atomic E-state index is -0.554. The standard InChI is InChI=1S/C30H40O4S2/c1-20(2)16-26(21(3)4)29(32)33-15-9-8-12-24(31)19-34-25-14-13-23-17-27(22-10-6-5-7-11-22)30(35)36-28(23)18-25/h5-7,10-11,13-14,17-18,20-21,23-24,26,28,31H,8-9,12,15-16,19H2,1-4H3. The number of rotatable bonds is 13. The summed E-state index contributed by atoms with van der Waals surface area (Å²) in [5, 5.41) is 10.6. The molecule has 1 aliphatic heterocycles. The molecular weight excluding hydrogens is 488 g/mol. The maximum atomic E-state index is 12.4. The van der Waals surface area contributed by atoms with Crippen molar-refractivity contribution in [1.29, 1.82) is 0 Å². The predicted octanol–water partition coefficient (Wildman–Crippen LogP) is 6.99. The molecule has 1 aromatic carbocycles. The number of unbranched alkanes of at least 4 members (excludes halogenated alkanes) is 1. The SMILES string of the molecule is CC(C)CC(C(=O)OCCCCC(O)COC1=CC2SC(=S)C(c3ccccc3)=CC2C=C1)C(C)C. The lowest BCUT2D eigenvalue weighted by Crippen LogP contribution is -2.25. The minimum Gasteiger partial charge on any atom is -0.491 e. The Kier molecular flexibility index (Phi) is 11.3. The lowest BCUT2D eigenvalue weighted by Gasteiger charge is -2.29. The molecule has 1 aliphatic carbocycles. The zero-order valence-electron chi connectivity index (χ0n) is 21.9. The zero-order chi connectivity index (χ0) is 26.1. The van der Waals surface area contributed by atoms with Gasteiger partial charge in [0, 0.05) is 16.7 Å². The maximum absolute atomic E-state index is 12.4. The van der Waals surface area contributed by atoms with E-state index in [1.54, 1.807) is 11.8 Å². The highest BCUT2D eigenvalue weighted by Gasteiger charge is 2.29. The van der Waals surface area contributed by atoms with Gasteiger partial charge in [-0.25, -0.2) is 0 Å². The van der Waals surface area contributed by atoms with E-state index >= 15 is 0 Å². The minimum absolute atomic E-state index is 0.0440. The summed E-state index contributed by atoms with van der Waals surface area (Å²) in [6.45, 7) is 9.05. The van der Waals surface area contributed by atoms with Crippen molar-refractivity contribution in [2.45, 2.75) is 64.7 Å². The molecule has 0 bridgehead atoms. The highest BCUT2D eigenvalue weighted by atomic mass is 32.2. The number of hydrogen-bond acceptors (Lipinski definition) is 6. The van der Waals surface area contributed by atoms with Crippen LogP contribution < -0.4 is 0 Å². The molecular formula is C30H40O4S2. The number of carbonyl (C=O) groups is 1. The van der Waals surface area contributed by atoms with E-state index in [0.717, 1.165) is 40.4 Å². The summed E-state index contributed by atoms with van der Waals surface area (Å²) in [5.41, 5.74) is 2.28. The summed E-state index contributed by atoms with van der Waals surface area (Å²) in [6, 6.07) is 10.3. The highest BCUT2D eigenvalue weighted by Crippen LogP contribution is 2.40. The Morgan fingerprint density at radius 2 is 1.86 bits per heavy atom. The Morgan fingerprint density at radius 3 is 2.56 bits per heavy atom. The first kappa shape index (κ1) is 28.7. The molecule has 0 saturated heterocycles. The van der Waals surface area contributed by atoms with Crippen LogP contribution in [0.15, 0.2) is 60.4 Å². The van der Waals surface area contributed by atoms with Crippen molar-refractivity contribution < 1.29 is 19.4 Å². The Labute approximate surface area is 226 Å². The number of aliphatic hydroxyl groups excluding tert-OH is 1. The number of benzene rings is 1. The molecule has 4 nitrogen and oxygen atoms in total. The van der Waals surface area contributed by atoms with Gasteiger partial charge in [-0.05, 0) is 55.2 Å². The Morgan fingerprint density at radius 1 is 1.11 bits per heavy atom. The smallest absolute Gasteiger partial charge is 0.309 e. The van der Waals surface area contributed by atoms with Gasteiger partial charge in [0.05, 0.1) is 22.8 Å². The van der Waals surface area contributed by atoms with Crippen LogP contribution in [0.5, 0.6) is 0 Å². The van der Waals surface area contributed by atoms with Crippen LogP contribution in [0.3, 0.4) is 0 Å². The summed E-state index contributed by atoms with van der Waals surface area (Å²) >= 11 is 7.37. The number of fused-ring (bicyclic) bond motifs is 1. The first-order valence-electron chi connectivity index (χ1n) is 13.1. The van der Waals surface area contributed by atoms with E-state index < -0.39 is 6.10 Å². The van der Waals surface area contributed by atoms with Gasteiger partial charge < -0.3 is 14.6 Å². The summed E-state index contributed by atoms with van der Waals surface area (Å²) in [4.78, 5) is 12.4. The lowest BCUT2D eigenvalue weighted by molar-refractivity contribution is -0.151. The third kappa shape index (κ3) is 8.60. The van der Waals surface area contributed by atoms with Crippen LogP contribution in [0.25, 0.3) is 5.57 Å². The molecule has 1 aromatic rings. The van der Waals surface area contributed by atoms with E-state index in [2.05, 4.69) is 58.1 Å². The normalized spacial score (nSPS) is 21.0. The van der Waals surface area contributed by atoms with Crippen LogP contribution in [-0.4, -0.2) is 39.8 Å². The van der Waals surface area contributed by atoms with Crippen LogP contribution in [0.2, 0.25) is 0 Å². The van der Waals surface area contributed by atoms with Gasteiger partial charge in [-0.15, -0.1) is 11.8 Å². The van der Waals surface area contributed by atoms with Crippen molar-refractivity contribution in [3.8, 4) is 0 Å². The average Bonchev–Trinajstić information content (AvgIpc) is 2.85. The fourth-order valence-electron chi connectivity index (χ4n) is 4.47. The van der Waals surface area contributed by atoms with Crippen molar-refractivity contribution in [2.75, 3.05) is 13.2 Å². The third-order valence-electron chi connectivity index (χ3n) is 6.55. The monoisotopic (exact) mass is 528 g/mol. The molecule has 196 valence electrons. The molecule has 6 heteroatoms. The fraction of sp³-hybridized carbons (Fsp3) is 0.533. The van der Waals surface area contributed by atoms with Crippen molar-refractivity contribution in [1.82, 2.24) is 0 Å². The van der Waals surface area contributed by atoms with Crippen molar-refractivity contribution >= 4 is 39.7 Å². The number of hydrogen-bond donors (Lipinski definition) is 1. The molecule has 0 radical (unpaired) electrons. The molecule has 0 spiro atoms. The van der Waals surface area contributed by atoms with E-state index in [1.807, 2.05) is 24.3 Å². The van der Waals surface area contributed by atoms with E-state index in [4.69, 9.17) is 21.7 Å². The average molecular weight is 529 g/mol. The quantitative estimate of drug-likeness (QED) is 0.169. The van der Waals surface area contributed by atoms with Gasteiger partial charge >= 0.3 is 5.97 Å². The second kappa shape index (κ2) is 14.2. The molecule has 0 amide bonds. The Hall–Kier alpha value is -1.89. The van der Waals surface area contributed by atoms with Gasteiger partial charge in [0.15, 0.2) is 0 Å². The molecule has 4 atom stereocenters. The lowest BCUT2D eigenvalue weighted by atomic mass is 9.88. The predicted molar refractivity (Wildman–Crippen MR) is 154 cm³/mol. The summed E-state index contributed by atoms with van der Waals surface area (Å²) in [6.07, 6.45) is 10.9. The van der Waals surface area contributed by atoms with Gasteiger partial charge in [0.1, 0.15) is 12.4 Å². The Bertz CT molecular complexity index is 964. The van der Waals surface area contributed by atoms with Crippen LogP contribution in [0, 0.1) is 23.7 Å². The summed E-state index contributed by atoms with van der Waals surface area (Å²) < 4.78 is 12.3. The van der Waals surface area contributed by atoms with Gasteiger partial charge in [0.25, 0.3) is 0 Å². The van der Waals surface area contributed by atoms with E-state index in [-0.39, 0.29) is 35.6 Å². The molecule has 1 heterocycles. The van der Waals surface area contributed by atoms with Crippen molar-refractivity contribution in [3.05, 3.63) is 66.0 Å². The van der Waals surface area contributed by atoms with Gasteiger partial charge in [-0.1, -0.05) is 82.4 Å². The fourth-order valence-corrected chi connectivity index (χ4v) is 6.08. The van der Waals surface area contributed by atoms with Crippen LogP contribution >= 0.6 is 24.0 Å². The van der Waals surface area contributed by atoms with Crippen LogP contribution in [-0.2, 0) is 14.3 Å². The molecule has 0 fully saturated rings. The van der Waals surface area contributed by atoms with Crippen LogP contribution in [0.1, 0.15) is 58.9 Å². The first-order valence-corrected chi connectivity index (χ1v) is 14.4. The van der Waals surface area contributed by atoms with E-state index in [9.17, 15) is 9.90 Å². The summed E-state index contributed by atoms with van der Waals surface area (Å²) in [5.74, 6) is 1.66. The molecule has 0 aromatic heterocycles. The molecule has 0 saturated carbocycles. The number of allylic oxidation sites excluding steroid dienone is 3. The maximum Gasteiger partial charge on any atom is 0.309 e. The number of carbonyl (C=O) groups excluding carboxylic acids is 1.